The highest BCUT2D eigenvalue weighted by molar-refractivity contribution is 5.98. The fourth-order valence-electron chi connectivity index (χ4n) is 3.45. The molecule has 0 spiro atoms. The smallest absolute Gasteiger partial charge is 0.335 e. The number of aliphatic carboxylic acids is 1. The van der Waals surface area contributed by atoms with Crippen molar-refractivity contribution in [1.29, 1.82) is 0 Å². The predicted octanol–water partition coefficient (Wildman–Crippen LogP) is 3.95. The largest absolute Gasteiger partial charge is 0.481 e. The lowest BCUT2D eigenvalue weighted by Crippen LogP contribution is -2.42. The van der Waals surface area contributed by atoms with Crippen LogP contribution < -0.4 is 0 Å². The van der Waals surface area contributed by atoms with Gasteiger partial charge >= 0.3 is 11.9 Å². The molecule has 0 aliphatic heterocycles. The summed E-state index contributed by atoms with van der Waals surface area (Å²) in [5, 5.41) is 9.87. The van der Waals surface area contributed by atoms with Gasteiger partial charge < -0.3 is 9.84 Å². The number of esters is 1. The molecule has 0 amide bonds. The molecular formula is C17H28O4. The van der Waals surface area contributed by atoms with Gasteiger partial charge in [-0.2, -0.15) is 0 Å². The minimum Gasteiger partial charge on any atom is -0.481 e. The monoisotopic (exact) mass is 296 g/mol. The third kappa shape index (κ3) is 3.47. The van der Waals surface area contributed by atoms with E-state index in [0.717, 1.165) is 37.7 Å². The van der Waals surface area contributed by atoms with E-state index in [1.165, 1.54) is 0 Å². The average molecular weight is 296 g/mol. The summed E-state index contributed by atoms with van der Waals surface area (Å²) in [7, 11) is 0. The molecule has 1 unspecified atom stereocenters. The molecule has 0 bridgehead atoms. The van der Waals surface area contributed by atoms with Crippen LogP contribution in [-0.2, 0) is 14.3 Å². The van der Waals surface area contributed by atoms with Crippen LogP contribution in [0.15, 0.2) is 11.1 Å². The third-order valence-corrected chi connectivity index (χ3v) is 4.66. The first kappa shape index (κ1) is 17.7. The number of carbonyl (C=O) groups is 2. The summed E-state index contributed by atoms with van der Waals surface area (Å²) in [6, 6.07) is 0. The van der Waals surface area contributed by atoms with E-state index in [4.69, 9.17) is 4.74 Å². The van der Waals surface area contributed by atoms with Crippen molar-refractivity contribution in [3.8, 4) is 0 Å². The Morgan fingerprint density at radius 3 is 2.14 bits per heavy atom. The van der Waals surface area contributed by atoms with Crippen LogP contribution in [0, 0.1) is 11.3 Å². The molecule has 4 nitrogen and oxygen atoms in total. The molecule has 1 saturated carbocycles. The molecule has 1 atom stereocenters. The standard InChI is InChI=1S/C17H28O4/c1-5-17(12(3)4,16(19)20)14(15(18)21-6-2)13-10-8-7-9-11-13/h12H,5-11H2,1-4H3,(H,19,20). The molecule has 21 heavy (non-hydrogen) atoms. The lowest BCUT2D eigenvalue weighted by atomic mass is 9.66. The summed E-state index contributed by atoms with van der Waals surface area (Å²) >= 11 is 0. The second-order valence-corrected chi connectivity index (χ2v) is 6.04. The van der Waals surface area contributed by atoms with E-state index in [9.17, 15) is 14.7 Å². The van der Waals surface area contributed by atoms with E-state index in [1.54, 1.807) is 6.92 Å². The van der Waals surface area contributed by atoms with Gasteiger partial charge in [-0.1, -0.05) is 32.8 Å². The molecule has 1 fully saturated rings. The maximum atomic E-state index is 12.5. The van der Waals surface area contributed by atoms with E-state index in [0.29, 0.717) is 12.0 Å². The van der Waals surface area contributed by atoms with Crippen molar-refractivity contribution in [1.82, 2.24) is 0 Å². The number of hydrogen-bond acceptors (Lipinski definition) is 3. The van der Waals surface area contributed by atoms with Crippen LogP contribution in [0.3, 0.4) is 0 Å². The molecule has 1 aliphatic rings. The Morgan fingerprint density at radius 2 is 1.76 bits per heavy atom. The van der Waals surface area contributed by atoms with Crippen LogP contribution in [0.4, 0.5) is 0 Å². The summed E-state index contributed by atoms with van der Waals surface area (Å²) in [4.78, 5) is 24.6. The fraction of sp³-hybridized carbons (Fsp3) is 0.765. The molecule has 0 aromatic heterocycles. The van der Waals surface area contributed by atoms with Gasteiger partial charge in [0.2, 0.25) is 0 Å². The maximum Gasteiger partial charge on any atom is 0.335 e. The highest BCUT2D eigenvalue weighted by Crippen LogP contribution is 2.44. The Hall–Kier alpha value is -1.32. The van der Waals surface area contributed by atoms with E-state index >= 15 is 0 Å². The molecule has 4 heteroatoms. The van der Waals surface area contributed by atoms with Gasteiger partial charge in [-0.15, -0.1) is 0 Å². The van der Waals surface area contributed by atoms with Crippen LogP contribution in [0.5, 0.6) is 0 Å². The van der Waals surface area contributed by atoms with Gasteiger partial charge in [0.15, 0.2) is 0 Å². The molecule has 1 rings (SSSR count). The van der Waals surface area contributed by atoms with E-state index < -0.39 is 17.4 Å². The quantitative estimate of drug-likeness (QED) is 0.595. The van der Waals surface area contributed by atoms with Crippen molar-refractivity contribution < 1.29 is 19.4 Å². The number of ether oxygens (including phenoxy) is 1. The molecule has 1 aliphatic carbocycles. The van der Waals surface area contributed by atoms with Crippen LogP contribution in [0.25, 0.3) is 0 Å². The van der Waals surface area contributed by atoms with Gasteiger partial charge in [0.25, 0.3) is 0 Å². The fourth-order valence-corrected chi connectivity index (χ4v) is 3.45. The topological polar surface area (TPSA) is 63.6 Å². The Balaban J connectivity index is 3.45. The highest BCUT2D eigenvalue weighted by Gasteiger charge is 2.48. The molecule has 0 saturated heterocycles. The first-order valence-corrected chi connectivity index (χ1v) is 8.04. The maximum absolute atomic E-state index is 12.5. The summed E-state index contributed by atoms with van der Waals surface area (Å²) in [5.41, 5.74) is 0.283. The molecule has 0 aromatic carbocycles. The zero-order valence-corrected chi connectivity index (χ0v) is 13.7. The molecule has 0 heterocycles. The molecule has 120 valence electrons. The Bertz CT molecular complexity index is 415. The molecule has 1 N–H and O–H groups in total. The van der Waals surface area contributed by atoms with Crippen LogP contribution >= 0.6 is 0 Å². The van der Waals surface area contributed by atoms with Gasteiger partial charge in [0.05, 0.1) is 12.2 Å². The number of rotatable bonds is 6. The normalized spacial score (nSPS) is 18.2. The Morgan fingerprint density at radius 1 is 1.19 bits per heavy atom. The number of carboxylic acids is 1. The molecule has 0 aromatic rings. The van der Waals surface area contributed by atoms with E-state index in [1.807, 2.05) is 20.8 Å². The lowest BCUT2D eigenvalue weighted by molar-refractivity contribution is -0.154. The van der Waals surface area contributed by atoms with Gasteiger partial charge in [0.1, 0.15) is 5.41 Å². The van der Waals surface area contributed by atoms with Crippen molar-refractivity contribution >= 4 is 11.9 Å². The van der Waals surface area contributed by atoms with Gasteiger partial charge in [-0.05, 0) is 44.9 Å². The van der Waals surface area contributed by atoms with Crippen molar-refractivity contribution in [3.63, 3.8) is 0 Å². The van der Waals surface area contributed by atoms with Crippen molar-refractivity contribution in [2.75, 3.05) is 6.61 Å². The molecular weight excluding hydrogens is 268 g/mol. The SMILES string of the molecule is CCOC(=O)C(=C1CCCCC1)C(CC)(C(=O)O)C(C)C. The highest BCUT2D eigenvalue weighted by atomic mass is 16.5. The van der Waals surface area contributed by atoms with E-state index in [2.05, 4.69) is 0 Å². The second kappa shape index (κ2) is 7.62. The third-order valence-electron chi connectivity index (χ3n) is 4.66. The predicted molar refractivity (Wildman–Crippen MR) is 81.9 cm³/mol. The lowest BCUT2D eigenvalue weighted by Gasteiger charge is -2.36. The summed E-state index contributed by atoms with van der Waals surface area (Å²) in [6.45, 7) is 7.62. The van der Waals surface area contributed by atoms with E-state index in [-0.39, 0.29) is 12.5 Å². The van der Waals surface area contributed by atoms with Crippen LogP contribution in [-0.4, -0.2) is 23.7 Å². The molecule has 0 radical (unpaired) electrons. The van der Waals surface area contributed by atoms with Crippen LogP contribution in [0.2, 0.25) is 0 Å². The van der Waals surface area contributed by atoms with Crippen molar-refractivity contribution in [2.45, 2.75) is 66.2 Å². The first-order chi connectivity index (χ1) is 9.91. The minimum absolute atomic E-state index is 0.158. The summed E-state index contributed by atoms with van der Waals surface area (Å²) in [6.07, 6.45) is 5.22. The van der Waals surface area contributed by atoms with Gasteiger partial charge in [-0.25, -0.2) is 4.79 Å². The van der Waals surface area contributed by atoms with Gasteiger partial charge in [-0.3, -0.25) is 4.79 Å². The minimum atomic E-state index is -1.14. The van der Waals surface area contributed by atoms with Crippen molar-refractivity contribution in [3.05, 3.63) is 11.1 Å². The number of allylic oxidation sites excluding steroid dienone is 1. The summed E-state index contributed by atoms with van der Waals surface area (Å²) in [5.74, 6) is -1.51. The van der Waals surface area contributed by atoms with Crippen LogP contribution in [0.1, 0.15) is 66.2 Å². The number of carboxylic acid groups (broad SMARTS) is 1. The number of carbonyl (C=O) groups excluding carboxylic acids is 1. The summed E-state index contributed by atoms with van der Waals surface area (Å²) < 4.78 is 5.21. The van der Waals surface area contributed by atoms with Crippen molar-refractivity contribution in [2.24, 2.45) is 11.3 Å². The zero-order valence-electron chi connectivity index (χ0n) is 13.7. The average Bonchev–Trinajstić information content (AvgIpc) is 2.44. The first-order valence-electron chi connectivity index (χ1n) is 8.04. The van der Waals surface area contributed by atoms with Gasteiger partial charge in [0, 0.05) is 0 Å². The zero-order chi connectivity index (χ0) is 16.0. The Labute approximate surface area is 127 Å². The Kier molecular flexibility index (Phi) is 6.43. The number of hydrogen-bond donors (Lipinski definition) is 1. The second-order valence-electron chi connectivity index (χ2n) is 6.04.